The fourth-order valence-corrected chi connectivity index (χ4v) is 3.18. The first-order valence-corrected chi connectivity index (χ1v) is 9.99. The lowest BCUT2D eigenvalue weighted by atomic mass is 10.0. The van der Waals surface area contributed by atoms with Crippen molar-refractivity contribution in [2.24, 2.45) is 0 Å². The molecule has 3 rings (SSSR count). The highest BCUT2D eigenvalue weighted by Gasteiger charge is 2.12. The van der Waals surface area contributed by atoms with E-state index in [1.807, 2.05) is 0 Å². The van der Waals surface area contributed by atoms with Gasteiger partial charge in [-0.05, 0) is 35.7 Å². The molecule has 0 spiro atoms. The molecule has 7 heteroatoms. The Balaban J connectivity index is 1.65. The summed E-state index contributed by atoms with van der Waals surface area (Å²) >= 11 is 0. The van der Waals surface area contributed by atoms with E-state index >= 15 is 0 Å². The van der Waals surface area contributed by atoms with Crippen LogP contribution >= 0.6 is 0 Å². The van der Waals surface area contributed by atoms with E-state index in [0.29, 0.717) is 36.1 Å². The summed E-state index contributed by atoms with van der Waals surface area (Å²) in [5.74, 6) is -1.14. The van der Waals surface area contributed by atoms with Crippen LogP contribution < -0.4 is 0 Å². The summed E-state index contributed by atoms with van der Waals surface area (Å²) in [6.07, 6.45) is 3.92. The van der Waals surface area contributed by atoms with Crippen molar-refractivity contribution in [2.75, 3.05) is 7.05 Å². The van der Waals surface area contributed by atoms with Crippen LogP contribution in [0.2, 0.25) is 0 Å². The van der Waals surface area contributed by atoms with Crippen LogP contribution in [0.5, 0.6) is 0 Å². The summed E-state index contributed by atoms with van der Waals surface area (Å²) in [6.45, 7) is 2.11. The molecule has 1 amide bonds. The maximum atomic E-state index is 14.6. The van der Waals surface area contributed by atoms with Gasteiger partial charge in [0.25, 0.3) is 0 Å². The number of halogens is 2. The van der Waals surface area contributed by atoms with Crippen LogP contribution in [0.3, 0.4) is 0 Å². The van der Waals surface area contributed by atoms with E-state index in [-0.39, 0.29) is 23.8 Å². The molecule has 0 aliphatic rings. The van der Waals surface area contributed by atoms with Crippen molar-refractivity contribution in [3.63, 3.8) is 0 Å². The molecule has 0 N–H and O–H groups in total. The van der Waals surface area contributed by atoms with E-state index < -0.39 is 11.8 Å². The van der Waals surface area contributed by atoms with Gasteiger partial charge in [0.15, 0.2) is 5.78 Å². The highest BCUT2D eigenvalue weighted by molar-refractivity contribution is 5.94. The molecule has 0 bridgehead atoms. The SMILES string of the molecule is CCC(=O)N(C)Cc1ccc(-c2ccc(C(=O)CCc3ccc(F)nc3)nc2)c(F)c1. The van der Waals surface area contributed by atoms with Crippen molar-refractivity contribution in [3.8, 4) is 11.1 Å². The number of pyridine rings is 2. The summed E-state index contributed by atoms with van der Waals surface area (Å²) in [6, 6.07) is 10.9. The van der Waals surface area contributed by atoms with E-state index in [0.717, 1.165) is 5.56 Å². The zero-order chi connectivity index (χ0) is 22.4. The number of aromatic nitrogens is 2. The Bertz CT molecular complexity index is 1070. The summed E-state index contributed by atoms with van der Waals surface area (Å²) in [5.41, 5.74) is 2.68. The third-order valence-electron chi connectivity index (χ3n) is 4.97. The number of benzene rings is 1. The minimum atomic E-state index is -0.561. The molecule has 0 atom stereocenters. The van der Waals surface area contributed by atoms with Crippen LogP contribution in [0, 0.1) is 11.8 Å². The number of ketones is 1. The van der Waals surface area contributed by atoms with Crippen molar-refractivity contribution < 1.29 is 18.4 Å². The van der Waals surface area contributed by atoms with E-state index in [9.17, 15) is 18.4 Å². The fraction of sp³-hybridized carbons (Fsp3) is 0.250. The van der Waals surface area contributed by atoms with E-state index in [2.05, 4.69) is 9.97 Å². The first-order valence-electron chi connectivity index (χ1n) is 9.99. The molecule has 0 radical (unpaired) electrons. The Labute approximate surface area is 179 Å². The molecule has 0 unspecified atom stereocenters. The zero-order valence-electron chi connectivity index (χ0n) is 17.4. The van der Waals surface area contributed by atoms with Crippen molar-refractivity contribution in [1.29, 1.82) is 0 Å². The van der Waals surface area contributed by atoms with Gasteiger partial charge in [0.1, 0.15) is 11.5 Å². The van der Waals surface area contributed by atoms with Gasteiger partial charge in [-0.2, -0.15) is 4.39 Å². The summed E-state index contributed by atoms with van der Waals surface area (Å²) in [5, 5.41) is 0. The third kappa shape index (κ3) is 5.78. The number of nitrogens with zero attached hydrogens (tertiary/aromatic N) is 3. The number of rotatable bonds is 8. The van der Waals surface area contributed by atoms with Crippen LogP contribution in [0.15, 0.2) is 54.9 Å². The molecular formula is C24H23F2N3O2. The predicted octanol–water partition coefficient (Wildman–Crippen LogP) is 4.61. The molecule has 0 aliphatic carbocycles. The molecule has 0 saturated heterocycles. The minimum absolute atomic E-state index is 0.00960. The highest BCUT2D eigenvalue weighted by atomic mass is 19.1. The van der Waals surface area contributed by atoms with E-state index in [4.69, 9.17) is 0 Å². The van der Waals surface area contributed by atoms with Crippen LogP contribution in [0.25, 0.3) is 11.1 Å². The maximum Gasteiger partial charge on any atom is 0.222 e. The lowest BCUT2D eigenvalue weighted by molar-refractivity contribution is -0.130. The number of carbonyl (C=O) groups excluding carboxylic acids is 2. The molecule has 31 heavy (non-hydrogen) atoms. The van der Waals surface area contributed by atoms with Crippen LogP contribution in [0.1, 0.15) is 41.4 Å². The molecule has 1 aromatic carbocycles. The van der Waals surface area contributed by atoms with Crippen molar-refractivity contribution >= 4 is 11.7 Å². The number of carbonyl (C=O) groups is 2. The lowest BCUT2D eigenvalue weighted by Gasteiger charge is -2.16. The second kappa shape index (κ2) is 10.0. The molecule has 2 aromatic heterocycles. The number of hydrogen-bond acceptors (Lipinski definition) is 4. The quantitative estimate of drug-likeness (QED) is 0.392. The molecule has 3 aromatic rings. The van der Waals surface area contributed by atoms with Crippen LogP contribution in [-0.4, -0.2) is 33.6 Å². The monoisotopic (exact) mass is 423 g/mol. The standard InChI is InChI=1S/C24H23F2N3O2/c1-3-24(31)29(2)15-17-4-8-19(20(25)12-17)18-7-9-21(27-14-18)22(30)10-5-16-6-11-23(26)28-13-16/h4,6-9,11-14H,3,5,10,15H2,1-2H3. The number of Topliss-reactive ketones (excluding diaryl/α,β-unsaturated/α-hetero) is 1. The van der Waals surface area contributed by atoms with Gasteiger partial charge in [-0.1, -0.05) is 31.2 Å². The minimum Gasteiger partial charge on any atom is -0.341 e. The zero-order valence-corrected chi connectivity index (χ0v) is 17.4. The number of hydrogen-bond donors (Lipinski definition) is 0. The number of amides is 1. The van der Waals surface area contributed by atoms with E-state index in [1.54, 1.807) is 49.2 Å². The van der Waals surface area contributed by atoms with Crippen molar-refractivity contribution in [3.05, 3.63) is 83.4 Å². The largest absolute Gasteiger partial charge is 0.341 e. The van der Waals surface area contributed by atoms with Gasteiger partial charge >= 0.3 is 0 Å². The Morgan fingerprint density at radius 2 is 1.74 bits per heavy atom. The molecule has 0 saturated carbocycles. The third-order valence-corrected chi connectivity index (χ3v) is 4.97. The summed E-state index contributed by atoms with van der Waals surface area (Å²) in [7, 11) is 1.68. The predicted molar refractivity (Wildman–Crippen MR) is 113 cm³/mol. The van der Waals surface area contributed by atoms with Gasteiger partial charge in [0.05, 0.1) is 0 Å². The molecule has 2 heterocycles. The fourth-order valence-electron chi connectivity index (χ4n) is 3.18. The Kier molecular flexibility index (Phi) is 7.18. The molecular weight excluding hydrogens is 400 g/mol. The average molecular weight is 423 g/mol. The first kappa shape index (κ1) is 22.2. The van der Waals surface area contributed by atoms with Gasteiger partial charge in [-0.15, -0.1) is 0 Å². The Morgan fingerprint density at radius 1 is 0.968 bits per heavy atom. The molecule has 0 aliphatic heterocycles. The van der Waals surface area contributed by atoms with Crippen molar-refractivity contribution in [1.82, 2.24) is 14.9 Å². The van der Waals surface area contributed by atoms with Crippen LogP contribution in [-0.2, 0) is 17.8 Å². The second-order valence-electron chi connectivity index (χ2n) is 7.26. The van der Waals surface area contributed by atoms with Gasteiger partial charge in [0.2, 0.25) is 11.9 Å². The highest BCUT2D eigenvalue weighted by Crippen LogP contribution is 2.24. The second-order valence-corrected chi connectivity index (χ2v) is 7.26. The van der Waals surface area contributed by atoms with Gasteiger partial charge in [-0.3, -0.25) is 14.6 Å². The first-order chi connectivity index (χ1) is 14.9. The number of aryl methyl sites for hydroxylation is 1. The molecule has 160 valence electrons. The van der Waals surface area contributed by atoms with Crippen molar-refractivity contribution in [2.45, 2.75) is 32.7 Å². The normalized spacial score (nSPS) is 10.7. The smallest absolute Gasteiger partial charge is 0.222 e. The topological polar surface area (TPSA) is 63.2 Å². The van der Waals surface area contributed by atoms with Gasteiger partial charge < -0.3 is 4.90 Å². The molecule has 5 nitrogen and oxygen atoms in total. The van der Waals surface area contributed by atoms with Gasteiger partial charge in [0, 0.05) is 50.0 Å². The maximum absolute atomic E-state index is 14.6. The Hall–Kier alpha value is -3.48. The summed E-state index contributed by atoms with van der Waals surface area (Å²) < 4.78 is 27.5. The molecule has 0 fully saturated rings. The van der Waals surface area contributed by atoms with Gasteiger partial charge in [-0.25, -0.2) is 9.37 Å². The van der Waals surface area contributed by atoms with E-state index in [1.165, 1.54) is 24.5 Å². The average Bonchev–Trinajstić information content (AvgIpc) is 2.78. The summed E-state index contributed by atoms with van der Waals surface area (Å²) in [4.78, 5) is 33.4. The lowest BCUT2D eigenvalue weighted by Crippen LogP contribution is -2.25. The van der Waals surface area contributed by atoms with Crippen LogP contribution in [0.4, 0.5) is 8.78 Å². The Morgan fingerprint density at radius 3 is 2.35 bits per heavy atom.